The summed E-state index contributed by atoms with van der Waals surface area (Å²) in [6.45, 7) is 3.34. The molecule has 100 valence electrons. The second kappa shape index (κ2) is 6.07. The molecule has 0 aliphatic carbocycles. The Kier molecular flexibility index (Phi) is 4.44. The number of benzene rings is 1. The van der Waals surface area contributed by atoms with Crippen molar-refractivity contribution >= 4 is 0 Å². The van der Waals surface area contributed by atoms with Crippen LogP contribution < -0.4 is 15.2 Å². The Morgan fingerprint density at radius 1 is 1.44 bits per heavy atom. The predicted molar refractivity (Wildman–Crippen MR) is 70.1 cm³/mol. The van der Waals surface area contributed by atoms with Crippen molar-refractivity contribution in [3.05, 3.63) is 23.8 Å². The summed E-state index contributed by atoms with van der Waals surface area (Å²) in [5.74, 6) is 1.56. The Hall–Kier alpha value is -1.26. The highest BCUT2D eigenvalue weighted by atomic mass is 16.5. The van der Waals surface area contributed by atoms with Crippen molar-refractivity contribution in [1.29, 1.82) is 0 Å². The Balaban J connectivity index is 2.10. The van der Waals surface area contributed by atoms with E-state index in [-0.39, 0.29) is 12.1 Å². The van der Waals surface area contributed by atoms with E-state index in [0.717, 1.165) is 36.5 Å². The summed E-state index contributed by atoms with van der Waals surface area (Å²) in [5, 5.41) is 0. The van der Waals surface area contributed by atoms with Gasteiger partial charge < -0.3 is 19.9 Å². The van der Waals surface area contributed by atoms with Crippen LogP contribution in [0.25, 0.3) is 0 Å². The molecule has 1 aliphatic heterocycles. The fraction of sp³-hybridized carbons (Fsp3) is 0.571. The van der Waals surface area contributed by atoms with Gasteiger partial charge in [0, 0.05) is 12.6 Å². The molecule has 1 heterocycles. The highest BCUT2D eigenvalue weighted by molar-refractivity contribution is 5.46. The molecule has 4 nitrogen and oxygen atoms in total. The number of methoxy groups -OCH3 is 1. The van der Waals surface area contributed by atoms with Gasteiger partial charge in [0.15, 0.2) is 0 Å². The third-order valence-electron chi connectivity index (χ3n) is 3.15. The fourth-order valence-electron chi connectivity index (χ4n) is 2.24. The van der Waals surface area contributed by atoms with Gasteiger partial charge >= 0.3 is 0 Å². The zero-order valence-corrected chi connectivity index (χ0v) is 11.0. The van der Waals surface area contributed by atoms with Crippen LogP contribution in [0.15, 0.2) is 18.2 Å². The largest absolute Gasteiger partial charge is 0.496 e. The first kappa shape index (κ1) is 13.2. The van der Waals surface area contributed by atoms with E-state index in [9.17, 15) is 0 Å². The number of hydrogen-bond acceptors (Lipinski definition) is 4. The normalized spacial score (nSPS) is 20.7. The SMILES string of the molecule is COc1cccc(OCC2CCCO2)c1[C@H](C)N. The number of nitrogens with two attached hydrogens (primary N) is 1. The van der Waals surface area contributed by atoms with Gasteiger partial charge in [0.1, 0.15) is 18.1 Å². The fourth-order valence-corrected chi connectivity index (χ4v) is 2.24. The first-order chi connectivity index (χ1) is 8.72. The number of rotatable bonds is 5. The Bertz CT molecular complexity index is 387. The van der Waals surface area contributed by atoms with E-state index in [1.807, 2.05) is 25.1 Å². The molecule has 1 fully saturated rings. The maximum Gasteiger partial charge on any atom is 0.127 e. The van der Waals surface area contributed by atoms with Crippen LogP contribution in [0.4, 0.5) is 0 Å². The molecule has 0 amide bonds. The van der Waals surface area contributed by atoms with Crippen LogP contribution in [0.2, 0.25) is 0 Å². The predicted octanol–water partition coefficient (Wildman–Crippen LogP) is 2.27. The van der Waals surface area contributed by atoms with Crippen LogP contribution in [-0.4, -0.2) is 26.4 Å². The topological polar surface area (TPSA) is 53.7 Å². The molecule has 0 radical (unpaired) electrons. The molecule has 2 atom stereocenters. The quantitative estimate of drug-likeness (QED) is 0.872. The summed E-state index contributed by atoms with van der Waals surface area (Å²) in [7, 11) is 1.64. The molecule has 2 N–H and O–H groups in total. The van der Waals surface area contributed by atoms with Gasteiger partial charge in [0.05, 0.1) is 18.8 Å². The van der Waals surface area contributed by atoms with Crippen LogP contribution in [-0.2, 0) is 4.74 Å². The van der Waals surface area contributed by atoms with Gasteiger partial charge in [-0.15, -0.1) is 0 Å². The molecule has 0 spiro atoms. The lowest BCUT2D eigenvalue weighted by molar-refractivity contribution is 0.0674. The second-order valence-corrected chi connectivity index (χ2v) is 4.61. The van der Waals surface area contributed by atoms with E-state index < -0.39 is 0 Å². The molecule has 1 aromatic rings. The molecular weight excluding hydrogens is 230 g/mol. The third kappa shape index (κ3) is 2.94. The first-order valence-corrected chi connectivity index (χ1v) is 6.39. The van der Waals surface area contributed by atoms with Crippen molar-refractivity contribution < 1.29 is 14.2 Å². The maximum atomic E-state index is 5.98. The summed E-state index contributed by atoms with van der Waals surface area (Å²) < 4.78 is 16.7. The van der Waals surface area contributed by atoms with Crippen LogP contribution in [0.5, 0.6) is 11.5 Å². The molecule has 2 rings (SSSR count). The molecule has 18 heavy (non-hydrogen) atoms. The monoisotopic (exact) mass is 251 g/mol. The van der Waals surface area contributed by atoms with E-state index in [4.69, 9.17) is 19.9 Å². The lowest BCUT2D eigenvalue weighted by Gasteiger charge is -2.18. The van der Waals surface area contributed by atoms with Gasteiger partial charge in [-0.1, -0.05) is 6.07 Å². The Morgan fingerprint density at radius 2 is 2.22 bits per heavy atom. The minimum atomic E-state index is -0.124. The van der Waals surface area contributed by atoms with E-state index >= 15 is 0 Å². The van der Waals surface area contributed by atoms with Crippen molar-refractivity contribution in [3.63, 3.8) is 0 Å². The standard InChI is InChI=1S/C14H21NO3/c1-10(15)14-12(16-2)6-3-7-13(14)18-9-11-5-4-8-17-11/h3,6-7,10-11H,4-5,8-9,15H2,1-2H3/t10-,11?/m0/s1. The maximum absolute atomic E-state index is 5.98. The number of ether oxygens (including phenoxy) is 3. The van der Waals surface area contributed by atoms with Crippen LogP contribution >= 0.6 is 0 Å². The van der Waals surface area contributed by atoms with Crippen molar-refractivity contribution in [1.82, 2.24) is 0 Å². The van der Waals surface area contributed by atoms with Crippen molar-refractivity contribution in [2.75, 3.05) is 20.3 Å². The van der Waals surface area contributed by atoms with Gasteiger partial charge in [0.2, 0.25) is 0 Å². The van der Waals surface area contributed by atoms with Gasteiger partial charge in [-0.05, 0) is 31.9 Å². The van der Waals surface area contributed by atoms with Gasteiger partial charge in [-0.25, -0.2) is 0 Å². The molecule has 1 unspecified atom stereocenters. The molecule has 0 aromatic heterocycles. The zero-order valence-electron chi connectivity index (χ0n) is 11.0. The smallest absolute Gasteiger partial charge is 0.127 e. The summed E-state index contributed by atoms with van der Waals surface area (Å²) in [5.41, 5.74) is 6.90. The van der Waals surface area contributed by atoms with Crippen molar-refractivity contribution in [3.8, 4) is 11.5 Å². The van der Waals surface area contributed by atoms with Crippen LogP contribution in [0.3, 0.4) is 0 Å². The van der Waals surface area contributed by atoms with E-state index in [2.05, 4.69) is 0 Å². The van der Waals surface area contributed by atoms with Gasteiger partial charge in [-0.3, -0.25) is 0 Å². The summed E-state index contributed by atoms with van der Waals surface area (Å²) in [6.07, 6.45) is 2.39. The Labute approximate surface area is 108 Å². The van der Waals surface area contributed by atoms with E-state index in [0.29, 0.717) is 6.61 Å². The second-order valence-electron chi connectivity index (χ2n) is 4.61. The number of hydrogen-bond donors (Lipinski definition) is 1. The molecule has 0 bridgehead atoms. The zero-order chi connectivity index (χ0) is 13.0. The molecule has 1 aliphatic rings. The lowest BCUT2D eigenvalue weighted by Crippen LogP contribution is -2.18. The minimum absolute atomic E-state index is 0.124. The van der Waals surface area contributed by atoms with Gasteiger partial charge in [-0.2, -0.15) is 0 Å². The average Bonchev–Trinajstić information content (AvgIpc) is 2.88. The summed E-state index contributed by atoms with van der Waals surface area (Å²) >= 11 is 0. The van der Waals surface area contributed by atoms with Crippen molar-refractivity contribution in [2.45, 2.75) is 31.9 Å². The molecule has 1 saturated heterocycles. The molecule has 4 heteroatoms. The highest BCUT2D eigenvalue weighted by Crippen LogP contribution is 2.33. The average molecular weight is 251 g/mol. The highest BCUT2D eigenvalue weighted by Gasteiger charge is 2.19. The van der Waals surface area contributed by atoms with Crippen LogP contribution in [0, 0.1) is 0 Å². The summed E-state index contributed by atoms with van der Waals surface area (Å²) in [4.78, 5) is 0. The summed E-state index contributed by atoms with van der Waals surface area (Å²) in [6, 6.07) is 5.62. The Morgan fingerprint density at radius 3 is 2.83 bits per heavy atom. The first-order valence-electron chi connectivity index (χ1n) is 6.39. The van der Waals surface area contributed by atoms with E-state index in [1.165, 1.54) is 0 Å². The molecular formula is C14H21NO3. The van der Waals surface area contributed by atoms with Crippen molar-refractivity contribution in [2.24, 2.45) is 5.73 Å². The minimum Gasteiger partial charge on any atom is -0.496 e. The third-order valence-corrected chi connectivity index (χ3v) is 3.15. The molecule has 1 aromatic carbocycles. The van der Waals surface area contributed by atoms with Gasteiger partial charge in [0.25, 0.3) is 0 Å². The van der Waals surface area contributed by atoms with E-state index in [1.54, 1.807) is 7.11 Å². The van der Waals surface area contributed by atoms with Crippen LogP contribution in [0.1, 0.15) is 31.4 Å². The molecule has 0 saturated carbocycles. The lowest BCUT2D eigenvalue weighted by atomic mass is 10.1.